The van der Waals surface area contributed by atoms with E-state index in [-0.39, 0.29) is 17.7 Å². The third-order valence-electron chi connectivity index (χ3n) is 3.76. The van der Waals surface area contributed by atoms with Crippen LogP contribution in [-0.4, -0.2) is 39.7 Å². The van der Waals surface area contributed by atoms with Crippen molar-refractivity contribution in [2.45, 2.75) is 25.5 Å². The first-order valence-electron chi connectivity index (χ1n) is 7.92. The molecule has 0 saturated carbocycles. The second-order valence-corrected chi connectivity index (χ2v) is 5.64. The Labute approximate surface area is 144 Å². The number of aromatic carboxylic acids is 1. The minimum atomic E-state index is -1.12. The van der Waals surface area contributed by atoms with Gasteiger partial charge in [0.05, 0.1) is 12.4 Å². The molecular formula is C17H18N4O4. The number of hydrogen-bond donors (Lipinski definition) is 3. The van der Waals surface area contributed by atoms with Gasteiger partial charge in [-0.15, -0.1) is 0 Å². The van der Waals surface area contributed by atoms with Gasteiger partial charge in [-0.25, -0.2) is 14.8 Å². The molecule has 8 heteroatoms. The van der Waals surface area contributed by atoms with Gasteiger partial charge >= 0.3 is 5.97 Å². The van der Waals surface area contributed by atoms with E-state index in [9.17, 15) is 9.59 Å². The zero-order valence-corrected chi connectivity index (χ0v) is 13.4. The summed E-state index contributed by atoms with van der Waals surface area (Å²) in [4.78, 5) is 30.6. The van der Waals surface area contributed by atoms with Crippen LogP contribution in [0.2, 0.25) is 0 Å². The van der Waals surface area contributed by atoms with E-state index in [1.165, 1.54) is 12.4 Å². The molecule has 25 heavy (non-hydrogen) atoms. The van der Waals surface area contributed by atoms with Gasteiger partial charge in [-0.1, -0.05) is 12.1 Å². The van der Waals surface area contributed by atoms with Gasteiger partial charge in [0.25, 0.3) is 5.91 Å². The van der Waals surface area contributed by atoms with Crippen molar-refractivity contribution < 1.29 is 19.4 Å². The summed E-state index contributed by atoms with van der Waals surface area (Å²) < 4.78 is 5.37. The van der Waals surface area contributed by atoms with Crippen LogP contribution in [0.4, 0.5) is 11.5 Å². The number of rotatable bonds is 6. The molecule has 0 spiro atoms. The number of carbonyl (C=O) groups is 2. The van der Waals surface area contributed by atoms with E-state index in [1.807, 2.05) is 24.3 Å². The first-order chi connectivity index (χ1) is 12.1. The van der Waals surface area contributed by atoms with E-state index in [2.05, 4.69) is 20.6 Å². The Morgan fingerprint density at radius 2 is 2.16 bits per heavy atom. The smallest absolute Gasteiger partial charge is 0.356 e. The highest BCUT2D eigenvalue weighted by Gasteiger charge is 2.23. The molecule has 0 radical (unpaired) electrons. The molecule has 1 fully saturated rings. The first kappa shape index (κ1) is 16.8. The highest BCUT2D eigenvalue weighted by Crippen LogP contribution is 2.16. The Morgan fingerprint density at radius 1 is 1.28 bits per heavy atom. The van der Waals surface area contributed by atoms with Gasteiger partial charge in [-0.3, -0.25) is 4.79 Å². The van der Waals surface area contributed by atoms with E-state index >= 15 is 0 Å². The van der Waals surface area contributed by atoms with Gasteiger partial charge in [0.15, 0.2) is 5.69 Å². The first-order valence-corrected chi connectivity index (χ1v) is 7.92. The van der Waals surface area contributed by atoms with Crippen molar-refractivity contribution in [1.82, 2.24) is 9.97 Å². The van der Waals surface area contributed by atoms with Gasteiger partial charge in [0, 0.05) is 18.8 Å². The number of carbonyl (C=O) groups excluding carboxylic acids is 1. The maximum atomic E-state index is 12.1. The van der Waals surface area contributed by atoms with Crippen LogP contribution in [0, 0.1) is 0 Å². The Balaban J connectivity index is 1.57. The van der Waals surface area contributed by atoms with Crippen LogP contribution in [0.1, 0.15) is 28.9 Å². The summed E-state index contributed by atoms with van der Waals surface area (Å²) in [5.41, 5.74) is 1.53. The highest BCUT2D eigenvalue weighted by atomic mass is 16.5. The third kappa shape index (κ3) is 4.51. The Morgan fingerprint density at radius 3 is 2.84 bits per heavy atom. The number of anilines is 2. The summed E-state index contributed by atoms with van der Waals surface area (Å²) >= 11 is 0. The second kappa shape index (κ2) is 7.71. The number of amides is 1. The molecule has 1 atom stereocenters. The number of nitrogens with one attached hydrogen (secondary N) is 2. The number of nitrogens with zero attached hydrogens (tertiary/aromatic N) is 2. The van der Waals surface area contributed by atoms with Crippen LogP contribution < -0.4 is 10.6 Å². The van der Waals surface area contributed by atoms with Gasteiger partial charge < -0.3 is 20.5 Å². The van der Waals surface area contributed by atoms with Crippen molar-refractivity contribution in [2.24, 2.45) is 0 Å². The van der Waals surface area contributed by atoms with E-state index in [4.69, 9.17) is 9.84 Å². The van der Waals surface area contributed by atoms with Gasteiger partial charge in [0.2, 0.25) is 0 Å². The normalized spacial score (nSPS) is 16.4. The number of ether oxygens (including phenoxy) is 1. The topological polar surface area (TPSA) is 113 Å². The minimum absolute atomic E-state index is 0.107. The largest absolute Gasteiger partial charge is 0.476 e. The van der Waals surface area contributed by atoms with Crippen LogP contribution in [0.3, 0.4) is 0 Å². The quantitative estimate of drug-likeness (QED) is 0.735. The highest BCUT2D eigenvalue weighted by molar-refractivity contribution is 5.94. The molecule has 130 valence electrons. The summed E-state index contributed by atoms with van der Waals surface area (Å²) in [6.07, 6.45) is 3.85. The van der Waals surface area contributed by atoms with Gasteiger partial charge in [-0.2, -0.15) is 0 Å². The molecular weight excluding hydrogens is 324 g/mol. The van der Waals surface area contributed by atoms with Crippen LogP contribution in [0.15, 0.2) is 36.7 Å². The molecule has 1 amide bonds. The molecule has 1 saturated heterocycles. The minimum Gasteiger partial charge on any atom is -0.476 e. The summed E-state index contributed by atoms with van der Waals surface area (Å²) in [5.74, 6) is -0.773. The average Bonchev–Trinajstić information content (AvgIpc) is 3.15. The van der Waals surface area contributed by atoms with Crippen LogP contribution >= 0.6 is 0 Å². The molecule has 1 aromatic heterocycles. The Kier molecular flexibility index (Phi) is 5.20. The molecule has 8 nitrogen and oxygen atoms in total. The van der Waals surface area contributed by atoms with E-state index in [0.29, 0.717) is 24.7 Å². The van der Waals surface area contributed by atoms with Crippen molar-refractivity contribution >= 4 is 23.4 Å². The van der Waals surface area contributed by atoms with E-state index in [0.717, 1.165) is 18.4 Å². The zero-order valence-electron chi connectivity index (χ0n) is 13.4. The van der Waals surface area contributed by atoms with Crippen molar-refractivity contribution in [3.8, 4) is 0 Å². The third-order valence-corrected chi connectivity index (χ3v) is 3.76. The Bertz CT molecular complexity index is 757. The monoisotopic (exact) mass is 342 g/mol. The van der Waals surface area contributed by atoms with Crippen LogP contribution in [0.5, 0.6) is 0 Å². The standard InChI is InChI=1S/C17H18N4O4/c22-16(14-5-2-6-25-14)21-12-4-1-3-11(7-12)8-19-15-10-18-13(9-20-15)17(23)24/h1,3-4,7,9-10,14H,2,5-6,8H2,(H,19,20)(H,21,22)(H,23,24). The number of aromatic nitrogens is 2. The molecule has 1 aliphatic rings. The number of carboxylic acid groups (broad SMARTS) is 1. The molecule has 3 N–H and O–H groups in total. The van der Waals surface area contributed by atoms with E-state index in [1.54, 1.807) is 0 Å². The van der Waals surface area contributed by atoms with Crippen LogP contribution in [0.25, 0.3) is 0 Å². The fourth-order valence-corrected chi connectivity index (χ4v) is 2.49. The average molecular weight is 342 g/mol. The maximum Gasteiger partial charge on any atom is 0.356 e. The molecule has 3 rings (SSSR count). The predicted molar refractivity (Wildman–Crippen MR) is 90.4 cm³/mol. The van der Waals surface area contributed by atoms with Crippen molar-refractivity contribution in [3.05, 3.63) is 47.9 Å². The molecule has 1 aromatic carbocycles. The SMILES string of the molecule is O=C(O)c1cnc(NCc2cccc(NC(=O)C3CCCO3)c2)cn1. The fraction of sp³-hybridized carbons (Fsp3) is 0.294. The van der Waals surface area contributed by atoms with Crippen molar-refractivity contribution in [1.29, 1.82) is 0 Å². The number of carboxylic acids is 1. The summed E-state index contributed by atoms with van der Waals surface area (Å²) in [6.45, 7) is 1.09. The maximum absolute atomic E-state index is 12.1. The number of hydrogen-bond acceptors (Lipinski definition) is 6. The van der Waals surface area contributed by atoms with Crippen molar-refractivity contribution in [3.63, 3.8) is 0 Å². The predicted octanol–water partition coefficient (Wildman–Crippen LogP) is 1.90. The fourth-order valence-electron chi connectivity index (χ4n) is 2.49. The lowest BCUT2D eigenvalue weighted by Crippen LogP contribution is -2.26. The second-order valence-electron chi connectivity index (χ2n) is 5.64. The molecule has 2 heterocycles. The lowest BCUT2D eigenvalue weighted by molar-refractivity contribution is -0.124. The molecule has 0 aliphatic carbocycles. The summed E-state index contributed by atoms with van der Waals surface area (Å²) in [7, 11) is 0. The molecule has 1 aliphatic heterocycles. The zero-order chi connectivity index (χ0) is 17.6. The molecule has 1 unspecified atom stereocenters. The summed E-state index contributed by atoms with van der Waals surface area (Å²) in [6, 6.07) is 7.44. The van der Waals surface area contributed by atoms with E-state index < -0.39 is 5.97 Å². The lowest BCUT2D eigenvalue weighted by Gasteiger charge is -2.12. The Hall–Kier alpha value is -3.00. The van der Waals surface area contributed by atoms with Crippen molar-refractivity contribution in [2.75, 3.05) is 17.2 Å². The van der Waals surface area contributed by atoms with Crippen LogP contribution in [-0.2, 0) is 16.1 Å². The van der Waals surface area contributed by atoms with Gasteiger partial charge in [-0.05, 0) is 30.5 Å². The lowest BCUT2D eigenvalue weighted by atomic mass is 10.2. The van der Waals surface area contributed by atoms with Gasteiger partial charge in [0.1, 0.15) is 11.9 Å². The molecule has 2 aromatic rings. The summed E-state index contributed by atoms with van der Waals surface area (Å²) in [5, 5.41) is 14.7. The molecule has 0 bridgehead atoms. The number of benzene rings is 1.